The smallest absolute Gasteiger partial charge is 0.228 e. The number of benzene rings is 2. The first-order valence-corrected chi connectivity index (χ1v) is 7.38. The Hall–Kier alpha value is -2.29. The van der Waals surface area contributed by atoms with Crippen molar-refractivity contribution in [2.45, 2.75) is 26.2 Å². The van der Waals surface area contributed by atoms with E-state index in [1.165, 1.54) is 11.1 Å². The van der Waals surface area contributed by atoms with E-state index in [4.69, 9.17) is 4.74 Å². The maximum absolute atomic E-state index is 12.1. The third kappa shape index (κ3) is 3.24. The SMILES string of the molecule is CCc1cccc(NC(=O)Cc2ccc3c(c2)CCO3)c1. The van der Waals surface area contributed by atoms with Gasteiger partial charge in [0.05, 0.1) is 13.0 Å². The van der Waals surface area contributed by atoms with Crippen LogP contribution in [0.25, 0.3) is 0 Å². The lowest BCUT2D eigenvalue weighted by molar-refractivity contribution is -0.115. The molecule has 0 atom stereocenters. The van der Waals surface area contributed by atoms with Crippen molar-refractivity contribution in [3.05, 3.63) is 59.2 Å². The molecule has 108 valence electrons. The van der Waals surface area contributed by atoms with Gasteiger partial charge in [-0.1, -0.05) is 31.2 Å². The van der Waals surface area contributed by atoms with Crippen LogP contribution in [-0.2, 0) is 24.1 Å². The first-order valence-electron chi connectivity index (χ1n) is 7.38. The van der Waals surface area contributed by atoms with Gasteiger partial charge in [-0.25, -0.2) is 0 Å². The number of amides is 1. The van der Waals surface area contributed by atoms with Gasteiger partial charge in [0.25, 0.3) is 0 Å². The lowest BCUT2D eigenvalue weighted by Crippen LogP contribution is -2.14. The van der Waals surface area contributed by atoms with Crippen LogP contribution in [0.4, 0.5) is 5.69 Å². The average Bonchev–Trinajstić information content (AvgIpc) is 2.95. The summed E-state index contributed by atoms with van der Waals surface area (Å²) in [5.41, 5.74) is 4.32. The van der Waals surface area contributed by atoms with Gasteiger partial charge in [0, 0.05) is 12.1 Å². The van der Waals surface area contributed by atoms with Crippen molar-refractivity contribution in [2.75, 3.05) is 11.9 Å². The molecule has 21 heavy (non-hydrogen) atoms. The van der Waals surface area contributed by atoms with Gasteiger partial charge in [0.2, 0.25) is 5.91 Å². The number of fused-ring (bicyclic) bond motifs is 1. The van der Waals surface area contributed by atoms with Gasteiger partial charge in [-0.2, -0.15) is 0 Å². The first-order chi connectivity index (χ1) is 10.2. The van der Waals surface area contributed by atoms with Crippen molar-refractivity contribution in [3.63, 3.8) is 0 Å². The Morgan fingerprint density at radius 2 is 2.10 bits per heavy atom. The summed E-state index contributed by atoms with van der Waals surface area (Å²) in [5.74, 6) is 0.969. The van der Waals surface area contributed by atoms with Crippen LogP contribution in [-0.4, -0.2) is 12.5 Å². The van der Waals surface area contributed by atoms with Crippen LogP contribution in [0.1, 0.15) is 23.6 Å². The molecule has 0 radical (unpaired) electrons. The minimum Gasteiger partial charge on any atom is -0.493 e. The summed E-state index contributed by atoms with van der Waals surface area (Å²) in [6.45, 7) is 2.85. The lowest BCUT2D eigenvalue weighted by Gasteiger charge is -2.08. The van der Waals surface area contributed by atoms with E-state index in [1.54, 1.807) is 0 Å². The summed E-state index contributed by atoms with van der Waals surface area (Å²) in [5, 5.41) is 2.96. The number of carbonyl (C=O) groups is 1. The summed E-state index contributed by atoms with van der Waals surface area (Å²) < 4.78 is 5.48. The van der Waals surface area contributed by atoms with Crippen LogP contribution in [0, 0.1) is 0 Å². The van der Waals surface area contributed by atoms with Gasteiger partial charge in [0.15, 0.2) is 0 Å². The van der Waals surface area contributed by atoms with Gasteiger partial charge >= 0.3 is 0 Å². The molecule has 0 fully saturated rings. The molecule has 1 amide bonds. The summed E-state index contributed by atoms with van der Waals surface area (Å²) in [6.07, 6.45) is 2.29. The maximum Gasteiger partial charge on any atom is 0.228 e. The minimum atomic E-state index is 0.0159. The van der Waals surface area contributed by atoms with Crippen LogP contribution >= 0.6 is 0 Å². The van der Waals surface area contributed by atoms with Gasteiger partial charge in [0.1, 0.15) is 5.75 Å². The molecule has 2 aromatic carbocycles. The fraction of sp³-hybridized carbons (Fsp3) is 0.278. The van der Waals surface area contributed by atoms with Crippen LogP contribution in [0.3, 0.4) is 0 Å². The third-order valence-electron chi connectivity index (χ3n) is 3.74. The number of carbonyl (C=O) groups excluding carboxylic acids is 1. The number of nitrogens with one attached hydrogen (secondary N) is 1. The van der Waals surface area contributed by atoms with E-state index in [0.29, 0.717) is 6.42 Å². The highest BCUT2D eigenvalue weighted by Gasteiger charge is 2.13. The number of hydrogen-bond donors (Lipinski definition) is 1. The Labute approximate surface area is 124 Å². The highest BCUT2D eigenvalue weighted by molar-refractivity contribution is 5.92. The zero-order valence-electron chi connectivity index (χ0n) is 12.2. The molecule has 0 spiro atoms. The second-order valence-corrected chi connectivity index (χ2v) is 5.32. The summed E-state index contributed by atoms with van der Waals surface area (Å²) in [7, 11) is 0. The molecular weight excluding hydrogens is 262 g/mol. The molecule has 0 saturated carbocycles. The number of ether oxygens (including phenoxy) is 1. The predicted molar refractivity (Wildman–Crippen MR) is 83.8 cm³/mol. The van der Waals surface area contributed by atoms with Gasteiger partial charge in [-0.05, 0) is 41.3 Å². The van der Waals surface area contributed by atoms with Crippen molar-refractivity contribution in [1.29, 1.82) is 0 Å². The summed E-state index contributed by atoms with van der Waals surface area (Å²) in [4.78, 5) is 12.1. The second kappa shape index (κ2) is 6.00. The van der Waals surface area contributed by atoms with Crippen LogP contribution in [0.15, 0.2) is 42.5 Å². The maximum atomic E-state index is 12.1. The molecule has 0 unspecified atom stereocenters. The topological polar surface area (TPSA) is 38.3 Å². The van der Waals surface area contributed by atoms with E-state index in [0.717, 1.165) is 36.4 Å². The van der Waals surface area contributed by atoms with Crippen molar-refractivity contribution in [2.24, 2.45) is 0 Å². The Morgan fingerprint density at radius 1 is 1.19 bits per heavy atom. The molecule has 1 aliphatic rings. The number of anilines is 1. The lowest BCUT2D eigenvalue weighted by atomic mass is 10.1. The highest BCUT2D eigenvalue weighted by atomic mass is 16.5. The molecule has 0 aromatic heterocycles. The van der Waals surface area contributed by atoms with E-state index in [-0.39, 0.29) is 5.91 Å². The van der Waals surface area contributed by atoms with E-state index in [9.17, 15) is 4.79 Å². The molecule has 0 aliphatic carbocycles. The van der Waals surface area contributed by atoms with E-state index >= 15 is 0 Å². The molecule has 2 aromatic rings. The van der Waals surface area contributed by atoms with Crippen molar-refractivity contribution < 1.29 is 9.53 Å². The Balaban J connectivity index is 1.66. The number of rotatable bonds is 4. The highest BCUT2D eigenvalue weighted by Crippen LogP contribution is 2.26. The molecule has 1 heterocycles. The van der Waals surface area contributed by atoms with Crippen molar-refractivity contribution >= 4 is 11.6 Å². The quantitative estimate of drug-likeness (QED) is 0.933. The molecule has 0 bridgehead atoms. The van der Waals surface area contributed by atoms with E-state index in [1.807, 2.05) is 30.3 Å². The zero-order chi connectivity index (χ0) is 14.7. The minimum absolute atomic E-state index is 0.0159. The summed E-state index contributed by atoms with van der Waals surface area (Å²) >= 11 is 0. The molecule has 3 nitrogen and oxygen atoms in total. The van der Waals surface area contributed by atoms with Crippen LogP contribution in [0.5, 0.6) is 5.75 Å². The zero-order valence-corrected chi connectivity index (χ0v) is 12.2. The molecule has 3 heteroatoms. The third-order valence-corrected chi connectivity index (χ3v) is 3.74. The van der Waals surface area contributed by atoms with Gasteiger partial charge in [-0.15, -0.1) is 0 Å². The van der Waals surface area contributed by atoms with Gasteiger partial charge < -0.3 is 10.1 Å². The standard InChI is InChI=1S/C18H19NO2/c1-2-13-4-3-5-16(11-13)19-18(20)12-14-6-7-17-15(10-14)8-9-21-17/h3-7,10-11H,2,8-9,12H2,1H3,(H,19,20). The van der Waals surface area contributed by atoms with Crippen molar-refractivity contribution in [1.82, 2.24) is 0 Å². The first kappa shape index (κ1) is 13.7. The van der Waals surface area contributed by atoms with Crippen molar-refractivity contribution in [3.8, 4) is 5.75 Å². The predicted octanol–water partition coefficient (Wildman–Crippen LogP) is 3.37. The van der Waals surface area contributed by atoms with Gasteiger partial charge in [-0.3, -0.25) is 4.79 Å². The average molecular weight is 281 g/mol. The van der Waals surface area contributed by atoms with Crippen LogP contribution < -0.4 is 10.1 Å². The van der Waals surface area contributed by atoms with Crippen LogP contribution in [0.2, 0.25) is 0 Å². The fourth-order valence-electron chi connectivity index (χ4n) is 2.61. The molecule has 1 aliphatic heterocycles. The summed E-state index contributed by atoms with van der Waals surface area (Å²) in [6, 6.07) is 14.0. The second-order valence-electron chi connectivity index (χ2n) is 5.32. The molecule has 3 rings (SSSR count). The fourth-order valence-corrected chi connectivity index (χ4v) is 2.61. The molecular formula is C18H19NO2. The Morgan fingerprint density at radius 3 is 2.95 bits per heavy atom. The number of hydrogen-bond acceptors (Lipinski definition) is 2. The molecule has 1 N–H and O–H groups in total. The Kier molecular flexibility index (Phi) is 3.91. The van der Waals surface area contributed by atoms with E-state index < -0.39 is 0 Å². The monoisotopic (exact) mass is 281 g/mol. The Bertz CT molecular complexity index is 664. The normalized spacial score (nSPS) is 12.6. The largest absolute Gasteiger partial charge is 0.493 e. The number of aryl methyl sites for hydroxylation is 1. The van der Waals surface area contributed by atoms with E-state index in [2.05, 4.69) is 24.4 Å². The molecule has 0 saturated heterocycles.